The van der Waals surface area contributed by atoms with Crippen LogP contribution >= 0.6 is 0 Å². The van der Waals surface area contributed by atoms with Crippen LogP contribution in [0.1, 0.15) is 47.5 Å². The van der Waals surface area contributed by atoms with E-state index in [0.717, 1.165) is 12.0 Å². The zero-order chi connectivity index (χ0) is 9.85. The van der Waals surface area contributed by atoms with Gasteiger partial charge >= 0.3 is 0 Å². The number of nitrogens with zero attached hydrogens (tertiary/aromatic N) is 1. The summed E-state index contributed by atoms with van der Waals surface area (Å²) in [6.07, 6.45) is 2.77. The smallest absolute Gasteiger partial charge is 0.0415 e. The molecule has 0 aromatic carbocycles. The molecule has 1 aliphatic carbocycles. The van der Waals surface area contributed by atoms with Crippen LogP contribution in [0.5, 0.6) is 0 Å². The van der Waals surface area contributed by atoms with Gasteiger partial charge in [-0.2, -0.15) is 0 Å². The summed E-state index contributed by atoms with van der Waals surface area (Å²) in [6.45, 7) is 13.2. The average molecular weight is 181 g/mol. The fourth-order valence-corrected chi connectivity index (χ4v) is 3.58. The number of hydrogen-bond acceptors (Lipinski definition) is 1. The largest absolute Gasteiger partial charge is 0.291 e. The van der Waals surface area contributed by atoms with Gasteiger partial charge in [0.25, 0.3) is 0 Å². The van der Waals surface area contributed by atoms with E-state index in [2.05, 4.69) is 39.5 Å². The minimum absolute atomic E-state index is 0.602. The first-order valence-corrected chi connectivity index (χ1v) is 5.79. The van der Waals surface area contributed by atoms with Crippen LogP contribution < -0.4 is 0 Å². The molecular weight excluding hydrogens is 158 g/mol. The van der Waals surface area contributed by atoms with Crippen LogP contribution in [0.25, 0.3) is 0 Å². The number of hydrogen-bond donors (Lipinski definition) is 0. The lowest BCUT2D eigenvalue weighted by Gasteiger charge is -2.30. The van der Waals surface area contributed by atoms with E-state index in [-0.39, 0.29) is 0 Å². The molecule has 1 nitrogen and oxygen atoms in total. The van der Waals surface area contributed by atoms with Gasteiger partial charge in [-0.1, -0.05) is 34.1 Å². The summed E-state index contributed by atoms with van der Waals surface area (Å²) in [6, 6.07) is 0.930. The van der Waals surface area contributed by atoms with Gasteiger partial charge in [0.15, 0.2) is 0 Å². The molecule has 5 atom stereocenters. The Balaban J connectivity index is 1.91. The van der Waals surface area contributed by atoms with E-state index < -0.39 is 0 Å². The van der Waals surface area contributed by atoms with Gasteiger partial charge in [-0.3, -0.25) is 4.90 Å². The van der Waals surface area contributed by atoms with Crippen LogP contribution in [0.3, 0.4) is 0 Å². The molecule has 76 valence electrons. The molecule has 0 spiro atoms. The minimum atomic E-state index is 0.602. The second-order valence-corrected chi connectivity index (χ2v) is 5.47. The number of rotatable bonds is 4. The van der Waals surface area contributed by atoms with Crippen LogP contribution in [0.4, 0.5) is 0 Å². The first-order chi connectivity index (χ1) is 6.02. The Kier molecular flexibility index (Phi) is 1.83. The first kappa shape index (κ1) is 9.51. The molecule has 0 N–H and O–H groups in total. The Labute approximate surface area is 82.5 Å². The predicted octanol–water partition coefficient (Wildman–Crippen LogP) is 2.91. The molecule has 0 bridgehead atoms. The number of fused-ring (bicyclic) bond motifs is 1. The van der Waals surface area contributed by atoms with E-state index in [1.54, 1.807) is 0 Å². The maximum absolute atomic E-state index is 2.63. The molecule has 0 radical (unpaired) electrons. The molecule has 2 aliphatic rings. The van der Waals surface area contributed by atoms with E-state index in [4.69, 9.17) is 0 Å². The highest BCUT2D eigenvalue weighted by Crippen LogP contribution is 2.78. The molecule has 0 amide bonds. The van der Waals surface area contributed by atoms with Crippen molar-refractivity contribution in [2.45, 2.75) is 59.0 Å². The molecule has 13 heavy (non-hydrogen) atoms. The molecule has 2 fully saturated rings. The third kappa shape index (κ3) is 0.918. The van der Waals surface area contributed by atoms with Crippen molar-refractivity contribution < 1.29 is 0 Å². The third-order valence-electron chi connectivity index (χ3n) is 4.86. The van der Waals surface area contributed by atoms with E-state index in [1.165, 1.54) is 19.4 Å². The normalized spacial score (nSPS) is 54.2. The Morgan fingerprint density at radius 1 is 1.31 bits per heavy atom. The Hall–Kier alpha value is -0.0400. The fraction of sp³-hybridized carbons (Fsp3) is 1.00. The molecular formula is C12H23N. The zero-order valence-electron chi connectivity index (χ0n) is 9.72. The summed E-state index contributed by atoms with van der Waals surface area (Å²) in [5.74, 6) is 0.910. The second-order valence-electron chi connectivity index (χ2n) is 5.47. The fourth-order valence-electron chi connectivity index (χ4n) is 3.58. The lowest BCUT2D eigenvalue weighted by atomic mass is 9.86. The summed E-state index contributed by atoms with van der Waals surface area (Å²) in [5.41, 5.74) is 1.27. The Bertz CT molecular complexity index is 225. The van der Waals surface area contributed by atoms with E-state index in [0.29, 0.717) is 11.0 Å². The molecule has 4 unspecified atom stereocenters. The van der Waals surface area contributed by atoms with E-state index in [1.807, 2.05) is 0 Å². The molecule has 1 heterocycles. The van der Waals surface area contributed by atoms with Crippen molar-refractivity contribution in [2.24, 2.45) is 11.3 Å². The van der Waals surface area contributed by atoms with Gasteiger partial charge in [0, 0.05) is 17.0 Å². The van der Waals surface area contributed by atoms with Gasteiger partial charge in [-0.15, -0.1) is 0 Å². The summed E-state index contributed by atoms with van der Waals surface area (Å²) in [7, 11) is 0. The van der Waals surface area contributed by atoms with Crippen molar-refractivity contribution in [3.63, 3.8) is 0 Å². The highest BCUT2D eigenvalue weighted by atomic mass is 15.5. The van der Waals surface area contributed by atoms with Gasteiger partial charge < -0.3 is 0 Å². The SMILES string of the molecule is CC[C@H](C)CC1(C)C2N(CC)C21C. The Morgan fingerprint density at radius 2 is 1.85 bits per heavy atom. The van der Waals surface area contributed by atoms with Gasteiger partial charge in [0.05, 0.1) is 0 Å². The highest BCUT2D eigenvalue weighted by Gasteiger charge is 2.88. The van der Waals surface area contributed by atoms with Gasteiger partial charge in [0.2, 0.25) is 0 Å². The number of likely N-dealkylation sites (N-methyl/N-ethyl adjacent to an activating group) is 1. The van der Waals surface area contributed by atoms with E-state index in [9.17, 15) is 0 Å². The molecule has 2 rings (SSSR count). The zero-order valence-corrected chi connectivity index (χ0v) is 9.72. The maximum Gasteiger partial charge on any atom is 0.0415 e. The molecule has 0 aromatic heterocycles. The summed E-state index contributed by atoms with van der Waals surface area (Å²) in [5, 5.41) is 0. The van der Waals surface area contributed by atoms with Crippen LogP contribution in [0.2, 0.25) is 0 Å². The lowest BCUT2D eigenvalue weighted by molar-refractivity contribution is 0.168. The summed E-state index contributed by atoms with van der Waals surface area (Å²) >= 11 is 0. The third-order valence-corrected chi connectivity index (χ3v) is 4.86. The summed E-state index contributed by atoms with van der Waals surface area (Å²) in [4.78, 5) is 2.63. The Morgan fingerprint density at radius 3 is 2.23 bits per heavy atom. The van der Waals surface area contributed by atoms with Gasteiger partial charge in [0.1, 0.15) is 0 Å². The predicted molar refractivity (Wildman–Crippen MR) is 56.8 cm³/mol. The van der Waals surface area contributed by atoms with E-state index >= 15 is 0 Å². The van der Waals surface area contributed by atoms with Crippen LogP contribution in [-0.2, 0) is 0 Å². The standard InChI is InChI=1S/C12H23N/c1-6-9(3)8-11(4)10-12(11,5)13(10)7-2/h9-10H,6-8H2,1-5H3/t9-,10?,11?,12?,13?/m0/s1. The second kappa shape index (κ2) is 2.50. The molecule has 1 aliphatic heterocycles. The van der Waals surface area contributed by atoms with Crippen molar-refractivity contribution in [1.82, 2.24) is 4.90 Å². The molecule has 1 heteroatoms. The molecule has 1 saturated heterocycles. The average Bonchev–Trinajstić information content (AvgIpc) is 2.87. The number of likely N-dealkylation sites (tertiary alicyclic amines) is 1. The quantitative estimate of drug-likeness (QED) is 0.603. The van der Waals surface area contributed by atoms with Crippen molar-refractivity contribution in [2.75, 3.05) is 6.54 Å². The van der Waals surface area contributed by atoms with Crippen molar-refractivity contribution >= 4 is 0 Å². The molecule has 0 aromatic rings. The monoisotopic (exact) mass is 181 g/mol. The van der Waals surface area contributed by atoms with Crippen molar-refractivity contribution in [3.8, 4) is 0 Å². The lowest BCUT2D eigenvalue weighted by Crippen LogP contribution is -2.33. The van der Waals surface area contributed by atoms with Crippen LogP contribution in [-0.4, -0.2) is 23.0 Å². The summed E-state index contributed by atoms with van der Waals surface area (Å²) < 4.78 is 0. The van der Waals surface area contributed by atoms with Crippen LogP contribution in [0.15, 0.2) is 0 Å². The first-order valence-electron chi connectivity index (χ1n) is 5.79. The highest BCUT2D eigenvalue weighted by molar-refractivity contribution is 5.43. The van der Waals surface area contributed by atoms with Crippen molar-refractivity contribution in [1.29, 1.82) is 0 Å². The van der Waals surface area contributed by atoms with Gasteiger partial charge in [-0.05, 0) is 25.8 Å². The van der Waals surface area contributed by atoms with Gasteiger partial charge in [-0.25, -0.2) is 0 Å². The van der Waals surface area contributed by atoms with Crippen LogP contribution in [0, 0.1) is 11.3 Å². The molecule has 1 saturated carbocycles. The topological polar surface area (TPSA) is 3.01 Å². The van der Waals surface area contributed by atoms with Crippen molar-refractivity contribution in [3.05, 3.63) is 0 Å². The maximum atomic E-state index is 2.63. The minimum Gasteiger partial charge on any atom is -0.291 e.